The van der Waals surface area contributed by atoms with Gasteiger partial charge in [-0.05, 0) is 19.3 Å². The molecule has 0 radical (unpaired) electrons. The fourth-order valence-electron chi connectivity index (χ4n) is 1.74. The number of hydrogen-bond donors (Lipinski definition) is 1. The van der Waals surface area contributed by atoms with Crippen molar-refractivity contribution in [1.82, 2.24) is 9.97 Å². The second-order valence-electron chi connectivity index (χ2n) is 4.60. The van der Waals surface area contributed by atoms with Gasteiger partial charge in [-0.15, -0.1) is 0 Å². The van der Waals surface area contributed by atoms with Crippen LogP contribution in [0.1, 0.15) is 39.4 Å². The van der Waals surface area contributed by atoms with Crippen LogP contribution >= 0.6 is 0 Å². The van der Waals surface area contributed by atoms with E-state index in [1.165, 1.54) is 6.42 Å². The molecule has 0 bridgehead atoms. The van der Waals surface area contributed by atoms with Crippen LogP contribution in [0.5, 0.6) is 5.88 Å². The molecule has 1 aromatic heterocycles. The molecule has 0 fully saturated rings. The smallest absolute Gasteiger partial charge is 0.218 e. The molecule has 0 saturated heterocycles. The second-order valence-corrected chi connectivity index (χ2v) is 4.60. The van der Waals surface area contributed by atoms with Gasteiger partial charge in [0.1, 0.15) is 12.4 Å². The number of aromatic nitrogens is 2. The van der Waals surface area contributed by atoms with Crippen molar-refractivity contribution in [2.45, 2.75) is 40.2 Å². The Kier molecular flexibility index (Phi) is 7.18. The van der Waals surface area contributed by atoms with Crippen molar-refractivity contribution >= 4 is 5.82 Å². The first kappa shape index (κ1) is 15.7. The zero-order chi connectivity index (χ0) is 14.1. The van der Waals surface area contributed by atoms with Crippen molar-refractivity contribution in [2.75, 3.05) is 25.6 Å². The van der Waals surface area contributed by atoms with Crippen molar-refractivity contribution in [3.8, 4) is 5.88 Å². The molecular formula is C14H25N3O2. The van der Waals surface area contributed by atoms with Gasteiger partial charge >= 0.3 is 0 Å². The first-order chi connectivity index (χ1) is 9.19. The normalized spacial score (nSPS) is 12.2. The lowest BCUT2D eigenvalue weighted by atomic mass is 10.1. The molecule has 19 heavy (non-hydrogen) atoms. The molecule has 108 valence electrons. The molecule has 0 amide bonds. The minimum Gasteiger partial charge on any atom is -0.477 e. The number of rotatable bonds is 9. The molecule has 1 rings (SSSR count). The zero-order valence-corrected chi connectivity index (χ0v) is 12.4. The van der Waals surface area contributed by atoms with E-state index in [0.29, 0.717) is 37.4 Å². The van der Waals surface area contributed by atoms with Crippen LogP contribution in [0, 0.1) is 5.92 Å². The highest BCUT2D eigenvalue weighted by Gasteiger charge is 2.07. The molecule has 1 atom stereocenters. The van der Waals surface area contributed by atoms with Crippen LogP contribution in [0.15, 0.2) is 6.07 Å². The van der Waals surface area contributed by atoms with E-state index in [-0.39, 0.29) is 0 Å². The Bertz CT molecular complexity index is 372. The summed E-state index contributed by atoms with van der Waals surface area (Å²) in [6.45, 7) is 8.06. The van der Waals surface area contributed by atoms with Crippen molar-refractivity contribution in [3.63, 3.8) is 0 Å². The van der Waals surface area contributed by atoms with Gasteiger partial charge in [0.05, 0.1) is 6.61 Å². The minimum absolute atomic E-state index is 0.410. The summed E-state index contributed by atoms with van der Waals surface area (Å²) in [4.78, 5) is 8.68. The van der Waals surface area contributed by atoms with Crippen molar-refractivity contribution in [1.29, 1.82) is 0 Å². The van der Waals surface area contributed by atoms with E-state index >= 15 is 0 Å². The van der Waals surface area contributed by atoms with Gasteiger partial charge in [-0.2, -0.15) is 4.98 Å². The molecule has 0 aromatic carbocycles. The van der Waals surface area contributed by atoms with E-state index < -0.39 is 0 Å². The summed E-state index contributed by atoms with van der Waals surface area (Å²) >= 11 is 0. The second kappa shape index (κ2) is 8.69. The fourth-order valence-corrected chi connectivity index (χ4v) is 1.74. The monoisotopic (exact) mass is 267 g/mol. The zero-order valence-electron chi connectivity index (χ0n) is 12.4. The average molecular weight is 267 g/mol. The first-order valence-corrected chi connectivity index (χ1v) is 6.95. The minimum atomic E-state index is 0.410. The summed E-state index contributed by atoms with van der Waals surface area (Å²) < 4.78 is 11.1. The SMILES string of the molecule is CCCC(C)COc1cc(NC)nc(COCC)n1. The lowest BCUT2D eigenvalue weighted by Crippen LogP contribution is -2.11. The molecule has 1 unspecified atom stereocenters. The van der Waals surface area contributed by atoms with Gasteiger partial charge in [0.15, 0.2) is 5.82 Å². The molecule has 1 aromatic rings. The molecule has 0 aliphatic carbocycles. The maximum absolute atomic E-state index is 5.74. The Labute approximate surface area is 115 Å². The molecule has 5 heteroatoms. The molecule has 0 aliphatic rings. The molecule has 1 heterocycles. The van der Waals surface area contributed by atoms with Crippen LogP contribution < -0.4 is 10.1 Å². The molecule has 0 saturated carbocycles. The predicted octanol–water partition coefficient (Wildman–Crippen LogP) is 2.87. The summed E-state index contributed by atoms with van der Waals surface area (Å²) in [5.41, 5.74) is 0. The lowest BCUT2D eigenvalue weighted by molar-refractivity contribution is 0.127. The van der Waals surface area contributed by atoms with Gasteiger partial charge in [0.25, 0.3) is 0 Å². The molecule has 1 N–H and O–H groups in total. The van der Waals surface area contributed by atoms with Gasteiger partial charge in [-0.1, -0.05) is 20.3 Å². The summed E-state index contributed by atoms with van der Waals surface area (Å²) in [6, 6.07) is 1.81. The predicted molar refractivity (Wildman–Crippen MR) is 76.5 cm³/mol. The van der Waals surface area contributed by atoms with E-state index in [0.717, 1.165) is 12.2 Å². The lowest BCUT2D eigenvalue weighted by Gasteiger charge is -2.13. The molecular weight excluding hydrogens is 242 g/mol. The van der Waals surface area contributed by atoms with Gasteiger partial charge in [0.2, 0.25) is 5.88 Å². The standard InChI is InChI=1S/C14H25N3O2/c1-5-7-11(3)9-19-14-8-12(15-4)16-13(17-14)10-18-6-2/h8,11H,5-7,9-10H2,1-4H3,(H,15,16,17). The van der Waals surface area contributed by atoms with Crippen molar-refractivity contribution in [3.05, 3.63) is 11.9 Å². The maximum atomic E-state index is 5.74. The van der Waals surface area contributed by atoms with E-state index in [4.69, 9.17) is 9.47 Å². The number of anilines is 1. The quantitative estimate of drug-likeness (QED) is 0.745. The van der Waals surface area contributed by atoms with Gasteiger partial charge < -0.3 is 14.8 Å². The van der Waals surface area contributed by atoms with Crippen LogP contribution in [0.2, 0.25) is 0 Å². The van der Waals surface area contributed by atoms with Gasteiger partial charge in [0, 0.05) is 19.7 Å². The third-order valence-electron chi connectivity index (χ3n) is 2.74. The highest BCUT2D eigenvalue weighted by Crippen LogP contribution is 2.15. The Hall–Kier alpha value is -1.36. The summed E-state index contributed by atoms with van der Waals surface area (Å²) in [6.07, 6.45) is 2.33. The van der Waals surface area contributed by atoms with Crippen molar-refractivity contribution < 1.29 is 9.47 Å². The first-order valence-electron chi connectivity index (χ1n) is 6.95. The Morgan fingerprint density at radius 3 is 2.74 bits per heavy atom. The van der Waals surface area contributed by atoms with Crippen molar-refractivity contribution in [2.24, 2.45) is 5.92 Å². The topological polar surface area (TPSA) is 56.3 Å². The Morgan fingerprint density at radius 1 is 1.32 bits per heavy atom. The molecule has 0 spiro atoms. The van der Waals surface area contributed by atoms with Crippen LogP contribution in [0.25, 0.3) is 0 Å². The Morgan fingerprint density at radius 2 is 2.11 bits per heavy atom. The van der Waals surface area contributed by atoms with Crippen LogP contribution in [0.4, 0.5) is 5.82 Å². The number of nitrogens with zero attached hydrogens (tertiary/aromatic N) is 2. The number of hydrogen-bond acceptors (Lipinski definition) is 5. The fraction of sp³-hybridized carbons (Fsp3) is 0.714. The summed E-state index contributed by atoms with van der Waals surface area (Å²) in [5, 5.41) is 3.01. The number of nitrogens with one attached hydrogen (secondary N) is 1. The highest BCUT2D eigenvalue weighted by molar-refractivity contribution is 5.37. The van der Waals surface area contributed by atoms with E-state index in [1.807, 2.05) is 20.0 Å². The Balaban J connectivity index is 2.65. The third-order valence-corrected chi connectivity index (χ3v) is 2.74. The van der Waals surface area contributed by atoms with Crippen LogP contribution in [-0.2, 0) is 11.3 Å². The highest BCUT2D eigenvalue weighted by atomic mass is 16.5. The third kappa shape index (κ3) is 5.87. The van der Waals surface area contributed by atoms with Gasteiger partial charge in [-0.3, -0.25) is 0 Å². The van der Waals surface area contributed by atoms with E-state index in [1.54, 1.807) is 0 Å². The van der Waals surface area contributed by atoms with Crippen LogP contribution in [0.3, 0.4) is 0 Å². The number of ether oxygens (including phenoxy) is 2. The average Bonchev–Trinajstić information content (AvgIpc) is 2.43. The van der Waals surface area contributed by atoms with Crippen LogP contribution in [-0.4, -0.2) is 30.2 Å². The summed E-state index contributed by atoms with van der Waals surface area (Å²) in [5.74, 6) is 2.54. The summed E-state index contributed by atoms with van der Waals surface area (Å²) in [7, 11) is 1.83. The molecule has 5 nitrogen and oxygen atoms in total. The van der Waals surface area contributed by atoms with E-state index in [9.17, 15) is 0 Å². The van der Waals surface area contributed by atoms with Gasteiger partial charge in [-0.25, -0.2) is 4.98 Å². The molecule has 0 aliphatic heterocycles. The largest absolute Gasteiger partial charge is 0.477 e. The van der Waals surface area contributed by atoms with E-state index in [2.05, 4.69) is 29.1 Å². The maximum Gasteiger partial charge on any atom is 0.218 e.